The van der Waals surface area contributed by atoms with Crippen LogP contribution in [0.15, 0.2) is 18.2 Å². The van der Waals surface area contributed by atoms with E-state index in [-0.39, 0.29) is 23.3 Å². The maximum atomic E-state index is 14.4. The zero-order valence-corrected chi connectivity index (χ0v) is 15.8. The molecule has 0 radical (unpaired) electrons. The molecule has 0 saturated carbocycles. The Balaban J connectivity index is 2.37. The number of hydrogen-bond donors (Lipinski definition) is 1. The zero-order valence-electron chi connectivity index (χ0n) is 15.8. The predicted molar refractivity (Wildman–Crippen MR) is 93.2 cm³/mol. The van der Waals surface area contributed by atoms with E-state index in [9.17, 15) is 18.4 Å². The molecule has 1 aliphatic heterocycles. The van der Waals surface area contributed by atoms with Crippen LogP contribution in [-0.4, -0.2) is 43.5 Å². The number of nitrogens with zero attached hydrogens (tertiary/aromatic N) is 1. The Morgan fingerprint density at radius 2 is 1.96 bits per heavy atom. The van der Waals surface area contributed by atoms with Gasteiger partial charge in [-0.15, -0.1) is 0 Å². The van der Waals surface area contributed by atoms with Crippen LogP contribution in [0.3, 0.4) is 0 Å². The van der Waals surface area contributed by atoms with E-state index in [0.29, 0.717) is 6.54 Å². The largest absolute Gasteiger partial charge is 0.468 e. The fraction of sp³-hybridized carbons (Fsp3) is 0.579. The van der Waals surface area contributed by atoms with E-state index in [4.69, 9.17) is 4.74 Å². The molecule has 0 aromatic heterocycles. The number of methoxy groups -OCH3 is 1. The van der Waals surface area contributed by atoms with Crippen molar-refractivity contribution in [3.05, 3.63) is 35.4 Å². The first-order valence-electron chi connectivity index (χ1n) is 8.58. The highest BCUT2D eigenvalue weighted by atomic mass is 19.2. The van der Waals surface area contributed by atoms with Crippen molar-refractivity contribution in [3.63, 3.8) is 0 Å². The Kier molecular flexibility index (Phi) is 6.01. The van der Waals surface area contributed by atoms with Crippen LogP contribution in [-0.2, 0) is 14.3 Å². The number of carbonyl (C=O) groups is 2. The van der Waals surface area contributed by atoms with Crippen molar-refractivity contribution in [3.8, 4) is 0 Å². The minimum Gasteiger partial charge on any atom is -0.468 e. The van der Waals surface area contributed by atoms with Crippen molar-refractivity contribution < 1.29 is 23.1 Å². The van der Waals surface area contributed by atoms with E-state index in [2.05, 4.69) is 5.32 Å². The number of nitrogens with one attached hydrogen (secondary N) is 1. The lowest BCUT2D eigenvalue weighted by atomic mass is 9.91. The van der Waals surface area contributed by atoms with E-state index in [1.165, 1.54) is 19.2 Å². The average molecular weight is 368 g/mol. The molecule has 0 unspecified atom stereocenters. The SMILES string of the molecule is COC(=O)[C@@H]1C[C@H](C(=O)NCC(C)(C)C)[C@H](c2cccc(F)c2F)N1C. The number of likely N-dealkylation sites (N-methyl/N-ethyl adjacent to an activating group) is 1. The van der Waals surface area contributed by atoms with E-state index in [1.807, 2.05) is 20.8 Å². The maximum Gasteiger partial charge on any atom is 0.323 e. The standard InChI is InChI=1S/C19H26F2N2O3/c1-19(2,3)10-22-17(24)12-9-14(18(25)26-5)23(4)16(12)11-7-6-8-13(20)15(11)21/h6-8,12,14,16H,9-10H2,1-5H3,(H,22,24)/t12-,14-,16-/m0/s1. The highest BCUT2D eigenvalue weighted by Crippen LogP contribution is 2.41. The van der Waals surface area contributed by atoms with Gasteiger partial charge in [0.05, 0.1) is 13.0 Å². The monoisotopic (exact) mass is 368 g/mol. The summed E-state index contributed by atoms with van der Waals surface area (Å²) in [5.41, 5.74) is -0.0589. The first-order valence-corrected chi connectivity index (χ1v) is 8.58. The van der Waals surface area contributed by atoms with Gasteiger partial charge in [-0.3, -0.25) is 14.5 Å². The van der Waals surface area contributed by atoms with Crippen LogP contribution in [0.2, 0.25) is 0 Å². The van der Waals surface area contributed by atoms with Crippen LogP contribution in [0, 0.1) is 23.0 Å². The molecule has 2 rings (SSSR count). The molecular formula is C19H26F2N2O3. The summed E-state index contributed by atoms with van der Waals surface area (Å²) < 4.78 is 32.9. The topological polar surface area (TPSA) is 58.6 Å². The Morgan fingerprint density at radius 3 is 2.54 bits per heavy atom. The molecule has 3 atom stereocenters. The number of carbonyl (C=O) groups excluding carboxylic acids is 2. The van der Waals surface area contributed by atoms with Crippen molar-refractivity contribution in [2.45, 2.75) is 39.3 Å². The number of amides is 1. The molecule has 0 aliphatic carbocycles. The second kappa shape index (κ2) is 7.70. The van der Waals surface area contributed by atoms with Gasteiger partial charge in [0.2, 0.25) is 5.91 Å². The lowest BCUT2D eigenvalue weighted by molar-refractivity contribution is -0.145. The molecule has 1 aromatic carbocycles. The molecule has 1 heterocycles. The van der Waals surface area contributed by atoms with Gasteiger partial charge in [0, 0.05) is 18.2 Å². The summed E-state index contributed by atoms with van der Waals surface area (Å²) in [4.78, 5) is 26.4. The average Bonchev–Trinajstić information content (AvgIpc) is 2.91. The third-order valence-electron chi connectivity index (χ3n) is 4.69. The number of hydrogen-bond acceptors (Lipinski definition) is 4. The molecule has 5 nitrogen and oxygen atoms in total. The summed E-state index contributed by atoms with van der Waals surface area (Å²) in [6.45, 7) is 6.38. The minimum atomic E-state index is -0.997. The molecule has 1 aliphatic rings. The van der Waals surface area contributed by atoms with Crippen molar-refractivity contribution >= 4 is 11.9 Å². The van der Waals surface area contributed by atoms with E-state index >= 15 is 0 Å². The molecule has 1 amide bonds. The Bertz CT molecular complexity index is 688. The number of benzene rings is 1. The molecule has 0 spiro atoms. The second-order valence-corrected chi connectivity index (χ2v) is 7.91. The summed E-state index contributed by atoms with van der Waals surface area (Å²) in [5, 5.41) is 2.86. The molecule has 7 heteroatoms. The second-order valence-electron chi connectivity index (χ2n) is 7.91. The molecule has 1 fully saturated rings. The van der Waals surface area contributed by atoms with E-state index in [1.54, 1.807) is 11.9 Å². The van der Waals surface area contributed by atoms with Crippen LogP contribution in [0.4, 0.5) is 8.78 Å². The molecule has 1 aromatic rings. The van der Waals surface area contributed by atoms with Crippen molar-refractivity contribution in [1.82, 2.24) is 10.2 Å². The van der Waals surface area contributed by atoms with Gasteiger partial charge in [0.15, 0.2) is 11.6 Å². The summed E-state index contributed by atoms with van der Waals surface area (Å²) in [6, 6.07) is 2.42. The van der Waals surface area contributed by atoms with E-state index in [0.717, 1.165) is 6.07 Å². The summed E-state index contributed by atoms with van der Waals surface area (Å²) >= 11 is 0. The normalized spacial score (nSPS) is 23.7. The maximum absolute atomic E-state index is 14.4. The molecule has 1 N–H and O–H groups in total. The molecule has 26 heavy (non-hydrogen) atoms. The third-order valence-corrected chi connectivity index (χ3v) is 4.69. The molecule has 0 bridgehead atoms. The van der Waals surface area contributed by atoms with Crippen LogP contribution in [0.5, 0.6) is 0 Å². The van der Waals surface area contributed by atoms with Crippen LogP contribution < -0.4 is 5.32 Å². The number of ether oxygens (including phenoxy) is 1. The van der Waals surface area contributed by atoms with Gasteiger partial charge in [-0.1, -0.05) is 32.9 Å². The van der Waals surface area contributed by atoms with Gasteiger partial charge in [0.1, 0.15) is 6.04 Å². The first-order chi connectivity index (χ1) is 12.1. The van der Waals surface area contributed by atoms with Gasteiger partial charge < -0.3 is 10.1 Å². The summed E-state index contributed by atoms with van der Waals surface area (Å²) in [7, 11) is 2.88. The smallest absolute Gasteiger partial charge is 0.323 e. The summed E-state index contributed by atoms with van der Waals surface area (Å²) in [5.74, 6) is -3.45. The molecular weight excluding hydrogens is 342 g/mol. The lowest BCUT2D eigenvalue weighted by Crippen LogP contribution is -2.39. The van der Waals surface area contributed by atoms with E-state index < -0.39 is 35.6 Å². The molecule has 144 valence electrons. The van der Waals surface area contributed by atoms with Gasteiger partial charge >= 0.3 is 5.97 Å². The number of esters is 1. The van der Waals surface area contributed by atoms with Gasteiger partial charge in [-0.05, 0) is 24.9 Å². The zero-order chi connectivity index (χ0) is 19.6. The Hall–Kier alpha value is -2.02. The highest BCUT2D eigenvalue weighted by Gasteiger charge is 2.48. The van der Waals surface area contributed by atoms with Crippen molar-refractivity contribution in [2.24, 2.45) is 11.3 Å². The van der Waals surface area contributed by atoms with Crippen molar-refractivity contribution in [1.29, 1.82) is 0 Å². The molecule has 1 saturated heterocycles. The lowest BCUT2D eigenvalue weighted by Gasteiger charge is -2.28. The van der Waals surface area contributed by atoms with Crippen LogP contribution in [0.1, 0.15) is 38.8 Å². The Labute approximate surface area is 152 Å². The van der Waals surface area contributed by atoms with Gasteiger partial charge in [0.25, 0.3) is 0 Å². The number of halogens is 2. The van der Waals surface area contributed by atoms with Crippen LogP contribution in [0.25, 0.3) is 0 Å². The van der Waals surface area contributed by atoms with Crippen LogP contribution >= 0.6 is 0 Å². The van der Waals surface area contributed by atoms with Gasteiger partial charge in [-0.25, -0.2) is 8.78 Å². The highest BCUT2D eigenvalue weighted by molar-refractivity contribution is 5.83. The number of rotatable bonds is 4. The Morgan fingerprint density at radius 1 is 1.31 bits per heavy atom. The quantitative estimate of drug-likeness (QED) is 0.830. The fourth-order valence-electron chi connectivity index (χ4n) is 3.33. The van der Waals surface area contributed by atoms with Crippen molar-refractivity contribution in [2.75, 3.05) is 20.7 Å². The predicted octanol–water partition coefficient (Wildman–Crippen LogP) is 2.66. The summed E-state index contributed by atoms with van der Waals surface area (Å²) in [6.07, 6.45) is 0.180. The third kappa shape index (κ3) is 4.20. The first kappa shape index (κ1) is 20.3. The van der Waals surface area contributed by atoms with Gasteiger partial charge in [-0.2, -0.15) is 0 Å². The fourth-order valence-corrected chi connectivity index (χ4v) is 3.33. The minimum absolute atomic E-state index is 0.0646. The number of likely N-dealkylation sites (tertiary alicyclic amines) is 1.